The van der Waals surface area contributed by atoms with E-state index >= 15 is 0 Å². The number of sulfonamides is 1. The topological polar surface area (TPSA) is 103 Å². The molecule has 9 heteroatoms. The molecule has 0 heterocycles. The van der Waals surface area contributed by atoms with Crippen LogP contribution in [0.15, 0.2) is 41.3 Å². The number of hydrogen-bond donors (Lipinski definition) is 2. The fourth-order valence-electron chi connectivity index (χ4n) is 2.46. The molecular weight excluding hydrogens is 384 g/mol. The maximum absolute atomic E-state index is 12.8. The molecule has 0 aromatic heterocycles. The number of benzene rings is 2. The second-order valence-corrected chi connectivity index (χ2v) is 7.36. The number of ether oxygens (including phenoxy) is 3. The molecule has 2 rings (SSSR count). The van der Waals surface area contributed by atoms with Gasteiger partial charge in [-0.05, 0) is 38.1 Å². The van der Waals surface area contributed by atoms with Crippen molar-refractivity contribution in [1.29, 1.82) is 0 Å². The van der Waals surface area contributed by atoms with Crippen LogP contribution in [0.3, 0.4) is 0 Å². The molecule has 0 saturated carbocycles. The van der Waals surface area contributed by atoms with Crippen molar-refractivity contribution in [2.75, 3.05) is 30.4 Å². The summed E-state index contributed by atoms with van der Waals surface area (Å²) in [6.07, 6.45) is 0. The molecule has 152 valence electrons. The lowest BCUT2D eigenvalue weighted by Gasteiger charge is -2.15. The number of hydrogen-bond acceptors (Lipinski definition) is 6. The largest absolute Gasteiger partial charge is 0.494 e. The summed E-state index contributed by atoms with van der Waals surface area (Å²) in [6.45, 7) is 5.82. The van der Waals surface area contributed by atoms with Gasteiger partial charge < -0.3 is 19.5 Å². The molecule has 0 aliphatic rings. The van der Waals surface area contributed by atoms with Gasteiger partial charge in [0.1, 0.15) is 5.75 Å². The molecule has 2 aromatic rings. The Hall–Kier alpha value is -2.94. The van der Waals surface area contributed by atoms with Crippen LogP contribution in [0, 0.1) is 0 Å². The van der Waals surface area contributed by atoms with E-state index in [1.54, 1.807) is 19.1 Å². The smallest absolute Gasteiger partial charge is 0.262 e. The number of nitrogens with one attached hydrogen (secondary N) is 2. The quantitative estimate of drug-likeness (QED) is 0.660. The van der Waals surface area contributed by atoms with Gasteiger partial charge in [0.05, 0.1) is 36.6 Å². The van der Waals surface area contributed by atoms with Gasteiger partial charge in [0, 0.05) is 19.1 Å². The second kappa shape index (κ2) is 9.32. The van der Waals surface area contributed by atoms with E-state index in [2.05, 4.69) is 10.0 Å². The standard InChI is InChI=1S/C19H24N2O6S/c1-5-26-17-10-8-15(12-19(17)27-6-2)28(23,24)21-14-7-9-16(20-13(3)22)18(11-14)25-4/h7-12,21H,5-6H2,1-4H3,(H,20,22). The molecule has 0 atom stereocenters. The molecule has 1 amide bonds. The summed E-state index contributed by atoms with van der Waals surface area (Å²) >= 11 is 0. The Kier molecular flexibility index (Phi) is 7.11. The van der Waals surface area contributed by atoms with E-state index in [-0.39, 0.29) is 16.5 Å². The predicted molar refractivity (Wildman–Crippen MR) is 107 cm³/mol. The van der Waals surface area contributed by atoms with E-state index in [0.717, 1.165) is 0 Å². The Morgan fingerprint density at radius 1 is 0.964 bits per heavy atom. The highest BCUT2D eigenvalue weighted by Gasteiger charge is 2.18. The number of anilines is 2. The average molecular weight is 408 g/mol. The van der Waals surface area contributed by atoms with E-state index in [1.165, 1.54) is 38.3 Å². The third-order valence-electron chi connectivity index (χ3n) is 3.59. The summed E-state index contributed by atoms with van der Waals surface area (Å²) in [4.78, 5) is 11.3. The Morgan fingerprint density at radius 2 is 1.64 bits per heavy atom. The first-order valence-corrected chi connectivity index (χ1v) is 10.2. The zero-order valence-electron chi connectivity index (χ0n) is 16.2. The Balaban J connectivity index is 2.32. The molecule has 2 aromatic carbocycles. The van der Waals surface area contributed by atoms with E-state index in [1.807, 2.05) is 6.92 Å². The Morgan fingerprint density at radius 3 is 2.25 bits per heavy atom. The van der Waals surface area contributed by atoms with Crippen molar-refractivity contribution in [2.24, 2.45) is 0 Å². The van der Waals surface area contributed by atoms with Gasteiger partial charge in [-0.3, -0.25) is 9.52 Å². The molecule has 0 aliphatic carbocycles. The van der Waals surface area contributed by atoms with E-state index in [9.17, 15) is 13.2 Å². The number of carbonyl (C=O) groups is 1. The van der Waals surface area contributed by atoms with Crippen molar-refractivity contribution < 1.29 is 27.4 Å². The first kappa shape index (κ1) is 21.4. The Labute approximate surface area is 164 Å². The van der Waals surface area contributed by atoms with Gasteiger partial charge in [0.2, 0.25) is 5.91 Å². The molecule has 2 N–H and O–H groups in total. The minimum absolute atomic E-state index is 0.0318. The normalized spacial score (nSPS) is 10.9. The number of carbonyl (C=O) groups excluding carboxylic acids is 1. The fourth-order valence-corrected chi connectivity index (χ4v) is 3.52. The number of amides is 1. The van der Waals surface area contributed by atoms with Crippen molar-refractivity contribution in [1.82, 2.24) is 0 Å². The van der Waals surface area contributed by atoms with E-state index in [0.29, 0.717) is 36.1 Å². The predicted octanol–water partition coefficient (Wildman–Crippen LogP) is 3.25. The highest BCUT2D eigenvalue weighted by molar-refractivity contribution is 7.92. The Bertz CT molecular complexity index is 943. The minimum Gasteiger partial charge on any atom is -0.494 e. The van der Waals surface area contributed by atoms with Gasteiger partial charge in [-0.15, -0.1) is 0 Å². The highest BCUT2D eigenvalue weighted by Crippen LogP contribution is 2.32. The summed E-state index contributed by atoms with van der Waals surface area (Å²) in [5.74, 6) is 0.900. The fraction of sp³-hybridized carbons (Fsp3) is 0.316. The summed E-state index contributed by atoms with van der Waals surface area (Å²) in [7, 11) is -2.44. The summed E-state index contributed by atoms with van der Waals surface area (Å²) < 4.78 is 44.2. The lowest BCUT2D eigenvalue weighted by molar-refractivity contribution is -0.114. The van der Waals surface area contributed by atoms with Crippen LogP contribution in [0.1, 0.15) is 20.8 Å². The molecule has 0 aliphatic heterocycles. The van der Waals surface area contributed by atoms with E-state index in [4.69, 9.17) is 14.2 Å². The maximum atomic E-state index is 12.8. The van der Waals surface area contributed by atoms with Crippen LogP contribution in [-0.2, 0) is 14.8 Å². The van der Waals surface area contributed by atoms with Crippen LogP contribution in [0.25, 0.3) is 0 Å². The number of rotatable bonds is 9. The average Bonchev–Trinajstić information content (AvgIpc) is 2.64. The maximum Gasteiger partial charge on any atom is 0.262 e. The SMILES string of the molecule is CCOc1ccc(S(=O)(=O)Nc2ccc(NC(C)=O)c(OC)c2)cc1OCC. The minimum atomic E-state index is -3.88. The lowest BCUT2D eigenvalue weighted by Crippen LogP contribution is -2.14. The van der Waals surface area contributed by atoms with E-state index < -0.39 is 10.0 Å². The lowest BCUT2D eigenvalue weighted by atomic mass is 10.2. The van der Waals surface area contributed by atoms with Gasteiger partial charge >= 0.3 is 0 Å². The third kappa shape index (κ3) is 5.29. The van der Waals surface area contributed by atoms with Crippen molar-refractivity contribution >= 4 is 27.3 Å². The molecule has 0 bridgehead atoms. The zero-order chi connectivity index (χ0) is 20.7. The summed E-state index contributed by atoms with van der Waals surface area (Å²) in [5, 5.41) is 2.61. The molecule has 0 unspecified atom stereocenters. The number of methoxy groups -OCH3 is 1. The molecule has 0 spiro atoms. The molecule has 28 heavy (non-hydrogen) atoms. The first-order chi connectivity index (χ1) is 13.3. The molecule has 0 radical (unpaired) electrons. The van der Waals surface area contributed by atoms with Crippen LogP contribution in [0.4, 0.5) is 11.4 Å². The van der Waals surface area contributed by atoms with Gasteiger partial charge in [-0.1, -0.05) is 0 Å². The summed E-state index contributed by atoms with van der Waals surface area (Å²) in [6, 6.07) is 8.99. The zero-order valence-corrected chi connectivity index (χ0v) is 17.1. The van der Waals surface area contributed by atoms with Crippen molar-refractivity contribution in [2.45, 2.75) is 25.7 Å². The van der Waals surface area contributed by atoms with Crippen LogP contribution >= 0.6 is 0 Å². The van der Waals surface area contributed by atoms with Gasteiger partial charge in [0.15, 0.2) is 11.5 Å². The van der Waals surface area contributed by atoms with Crippen molar-refractivity contribution in [3.63, 3.8) is 0 Å². The van der Waals surface area contributed by atoms with Gasteiger partial charge in [0.25, 0.3) is 10.0 Å². The molecule has 8 nitrogen and oxygen atoms in total. The van der Waals surface area contributed by atoms with Crippen LogP contribution in [-0.4, -0.2) is 34.6 Å². The summed E-state index contributed by atoms with van der Waals surface area (Å²) in [5.41, 5.74) is 0.732. The first-order valence-electron chi connectivity index (χ1n) is 8.68. The van der Waals surface area contributed by atoms with Crippen LogP contribution < -0.4 is 24.2 Å². The van der Waals surface area contributed by atoms with Gasteiger partial charge in [-0.2, -0.15) is 0 Å². The molecule has 0 saturated heterocycles. The van der Waals surface area contributed by atoms with Crippen LogP contribution in [0.5, 0.6) is 17.2 Å². The highest BCUT2D eigenvalue weighted by atomic mass is 32.2. The second-order valence-electron chi connectivity index (χ2n) is 5.68. The van der Waals surface area contributed by atoms with Gasteiger partial charge in [-0.25, -0.2) is 8.42 Å². The molecular formula is C19H24N2O6S. The monoisotopic (exact) mass is 408 g/mol. The van der Waals surface area contributed by atoms with Crippen molar-refractivity contribution in [3.8, 4) is 17.2 Å². The van der Waals surface area contributed by atoms with Crippen molar-refractivity contribution in [3.05, 3.63) is 36.4 Å². The third-order valence-corrected chi connectivity index (χ3v) is 4.97. The molecule has 0 fully saturated rings. The van der Waals surface area contributed by atoms with Crippen LogP contribution in [0.2, 0.25) is 0 Å².